The summed E-state index contributed by atoms with van der Waals surface area (Å²) in [5.74, 6) is -1.17. The molecule has 7 nitrogen and oxygen atoms in total. The van der Waals surface area contributed by atoms with Crippen LogP contribution in [0.25, 0.3) is 0 Å². The molecule has 1 aromatic carbocycles. The van der Waals surface area contributed by atoms with Gasteiger partial charge in [0.2, 0.25) is 11.8 Å². The van der Waals surface area contributed by atoms with Gasteiger partial charge in [0.1, 0.15) is 11.8 Å². The van der Waals surface area contributed by atoms with E-state index in [9.17, 15) is 14.4 Å². The van der Waals surface area contributed by atoms with Crippen molar-refractivity contribution in [2.75, 3.05) is 13.2 Å². The highest BCUT2D eigenvalue weighted by atomic mass is 16.5. The van der Waals surface area contributed by atoms with E-state index in [-0.39, 0.29) is 18.9 Å². The number of nitrogens with two attached hydrogens (primary N) is 1. The number of piperidine rings is 1. The number of aliphatic carboxylic acids is 1. The fraction of sp³-hybridized carbons (Fsp3) is 0.438. The van der Waals surface area contributed by atoms with Crippen LogP contribution in [0.4, 0.5) is 0 Å². The number of amides is 2. The molecule has 0 aromatic heterocycles. The lowest BCUT2D eigenvalue weighted by molar-refractivity contribution is -0.152. The fourth-order valence-electron chi connectivity index (χ4n) is 2.60. The minimum Gasteiger partial charge on any atom is -0.493 e. The van der Waals surface area contributed by atoms with E-state index in [0.29, 0.717) is 24.3 Å². The van der Waals surface area contributed by atoms with E-state index in [1.54, 1.807) is 24.3 Å². The molecule has 1 aliphatic rings. The summed E-state index contributed by atoms with van der Waals surface area (Å²) in [5, 5.41) is 9.17. The zero-order valence-electron chi connectivity index (χ0n) is 12.7. The lowest BCUT2D eigenvalue weighted by atomic mass is 10.0. The van der Waals surface area contributed by atoms with E-state index in [2.05, 4.69) is 0 Å². The predicted molar refractivity (Wildman–Crippen MR) is 82.1 cm³/mol. The zero-order chi connectivity index (χ0) is 16.8. The first kappa shape index (κ1) is 16.8. The van der Waals surface area contributed by atoms with Gasteiger partial charge in [-0.25, -0.2) is 4.79 Å². The molecule has 0 bridgehead atoms. The maximum Gasteiger partial charge on any atom is 0.326 e. The van der Waals surface area contributed by atoms with Crippen molar-refractivity contribution in [3.05, 3.63) is 29.8 Å². The highest BCUT2D eigenvalue weighted by Gasteiger charge is 2.31. The predicted octanol–water partition coefficient (Wildman–Crippen LogP) is 1.02. The summed E-state index contributed by atoms with van der Waals surface area (Å²) in [6.07, 6.45) is 2.26. The van der Waals surface area contributed by atoms with Gasteiger partial charge in [-0.15, -0.1) is 0 Å². The summed E-state index contributed by atoms with van der Waals surface area (Å²) in [6.45, 7) is 0.626. The Labute approximate surface area is 134 Å². The van der Waals surface area contributed by atoms with Gasteiger partial charge in [0.05, 0.1) is 13.0 Å². The van der Waals surface area contributed by atoms with Crippen LogP contribution in [-0.2, 0) is 9.59 Å². The molecule has 0 spiro atoms. The van der Waals surface area contributed by atoms with Gasteiger partial charge < -0.3 is 20.5 Å². The summed E-state index contributed by atoms with van der Waals surface area (Å²) in [5.41, 5.74) is 5.53. The van der Waals surface area contributed by atoms with Gasteiger partial charge in [-0.2, -0.15) is 0 Å². The quantitative estimate of drug-likeness (QED) is 0.813. The van der Waals surface area contributed by atoms with Crippen LogP contribution in [0.1, 0.15) is 36.0 Å². The Hall–Kier alpha value is -2.57. The molecule has 23 heavy (non-hydrogen) atoms. The summed E-state index contributed by atoms with van der Waals surface area (Å²) < 4.78 is 5.45. The summed E-state index contributed by atoms with van der Waals surface area (Å²) in [7, 11) is 0. The van der Waals surface area contributed by atoms with Crippen molar-refractivity contribution in [2.24, 2.45) is 5.73 Å². The molecule has 0 radical (unpaired) electrons. The first-order valence-electron chi connectivity index (χ1n) is 7.54. The largest absolute Gasteiger partial charge is 0.493 e. The lowest BCUT2D eigenvalue weighted by Crippen LogP contribution is -2.48. The minimum atomic E-state index is -0.957. The molecule has 7 heteroatoms. The number of hydrogen-bond donors (Lipinski definition) is 2. The molecule has 1 unspecified atom stereocenters. The zero-order valence-corrected chi connectivity index (χ0v) is 12.7. The smallest absolute Gasteiger partial charge is 0.326 e. The number of benzene rings is 1. The Bertz CT molecular complexity index is 585. The van der Waals surface area contributed by atoms with Crippen LogP contribution in [0, 0.1) is 0 Å². The number of hydrogen-bond acceptors (Lipinski definition) is 4. The minimum absolute atomic E-state index is 0.112. The highest BCUT2D eigenvalue weighted by molar-refractivity contribution is 5.92. The molecular weight excluding hydrogens is 300 g/mol. The SMILES string of the molecule is NC(=O)c1ccc(OCCC(=O)N2CCCCC2C(=O)O)cc1. The van der Waals surface area contributed by atoms with E-state index < -0.39 is 17.9 Å². The number of carboxylic acids is 1. The van der Waals surface area contributed by atoms with Crippen LogP contribution in [0.3, 0.4) is 0 Å². The van der Waals surface area contributed by atoms with Crippen molar-refractivity contribution in [3.63, 3.8) is 0 Å². The van der Waals surface area contributed by atoms with Crippen molar-refractivity contribution in [1.29, 1.82) is 0 Å². The second kappa shape index (κ2) is 7.62. The van der Waals surface area contributed by atoms with Gasteiger partial charge in [-0.1, -0.05) is 0 Å². The van der Waals surface area contributed by atoms with Gasteiger partial charge in [0.25, 0.3) is 0 Å². The van der Waals surface area contributed by atoms with Gasteiger partial charge in [-0.3, -0.25) is 9.59 Å². The summed E-state index contributed by atoms with van der Waals surface area (Å²) in [6, 6.07) is 5.57. The molecule has 2 rings (SSSR count). The summed E-state index contributed by atoms with van der Waals surface area (Å²) >= 11 is 0. The van der Waals surface area contributed by atoms with Crippen molar-refractivity contribution < 1.29 is 24.2 Å². The number of likely N-dealkylation sites (tertiary alicyclic amines) is 1. The molecule has 1 saturated heterocycles. The molecule has 1 fully saturated rings. The van der Waals surface area contributed by atoms with E-state index in [0.717, 1.165) is 12.8 Å². The number of ether oxygens (including phenoxy) is 1. The third-order valence-corrected chi connectivity index (χ3v) is 3.83. The molecule has 0 aliphatic carbocycles. The van der Waals surface area contributed by atoms with Gasteiger partial charge in [0.15, 0.2) is 0 Å². The highest BCUT2D eigenvalue weighted by Crippen LogP contribution is 2.18. The number of carbonyl (C=O) groups excluding carboxylic acids is 2. The van der Waals surface area contributed by atoms with Gasteiger partial charge in [0, 0.05) is 12.1 Å². The van der Waals surface area contributed by atoms with Crippen molar-refractivity contribution >= 4 is 17.8 Å². The number of carboxylic acid groups (broad SMARTS) is 1. The molecule has 1 heterocycles. The normalized spacial score (nSPS) is 17.6. The first-order valence-corrected chi connectivity index (χ1v) is 7.54. The Morgan fingerprint density at radius 3 is 2.52 bits per heavy atom. The Morgan fingerprint density at radius 2 is 1.91 bits per heavy atom. The van der Waals surface area contributed by atoms with Crippen LogP contribution in [0.2, 0.25) is 0 Å². The average Bonchev–Trinajstić information content (AvgIpc) is 2.55. The van der Waals surface area contributed by atoms with Crippen LogP contribution in [-0.4, -0.2) is 47.0 Å². The second-order valence-electron chi connectivity index (χ2n) is 5.42. The third-order valence-electron chi connectivity index (χ3n) is 3.83. The van der Waals surface area contributed by atoms with E-state index >= 15 is 0 Å². The maximum atomic E-state index is 12.2. The van der Waals surface area contributed by atoms with E-state index in [1.807, 2.05) is 0 Å². The molecule has 2 amide bonds. The number of carbonyl (C=O) groups is 3. The van der Waals surface area contributed by atoms with Gasteiger partial charge >= 0.3 is 5.97 Å². The maximum absolute atomic E-state index is 12.2. The summed E-state index contributed by atoms with van der Waals surface area (Å²) in [4.78, 5) is 35.7. The van der Waals surface area contributed by atoms with Crippen LogP contribution in [0.5, 0.6) is 5.75 Å². The van der Waals surface area contributed by atoms with Crippen molar-refractivity contribution in [1.82, 2.24) is 4.90 Å². The van der Waals surface area contributed by atoms with Crippen molar-refractivity contribution in [3.8, 4) is 5.75 Å². The number of rotatable bonds is 6. The van der Waals surface area contributed by atoms with Crippen LogP contribution in [0.15, 0.2) is 24.3 Å². The average molecular weight is 320 g/mol. The molecule has 1 aliphatic heterocycles. The van der Waals surface area contributed by atoms with E-state index in [1.165, 1.54) is 4.90 Å². The topological polar surface area (TPSA) is 110 Å². The number of nitrogens with zero attached hydrogens (tertiary/aromatic N) is 1. The lowest BCUT2D eigenvalue weighted by Gasteiger charge is -2.33. The van der Waals surface area contributed by atoms with Crippen LogP contribution >= 0.6 is 0 Å². The number of primary amides is 1. The Kier molecular flexibility index (Phi) is 5.56. The molecular formula is C16H20N2O5. The second-order valence-corrected chi connectivity index (χ2v) is 5.42. The fourth-order valence-corrected chi connectivity index (χ4v) is 2.60. The van der Waals surface area contributed by atoms with E-state index in [4.69, 9.17) is 15.6 Å². The van der Waals surface area contributed by atoms with Gasteiger partial charge in [-0.05, 0) is 43.5 Å². The monoisotopic (exact) mass is 320 g/mol. The Balaban J connectivity index is 1.84. The first-order chi connectivity index (χ1) is 11.0. The third kappa shape index (κ3) is 4.45. The molecule has 124 valence electrons. The van der Waals surface area contributed by atoms with Crippen molar-refractivity contribution in [2.45, 2.75) is 31.7 Å². The van der Waals surface area contributed by atoms with Crippen LogP contribution < -0.4 is 10.5 Å². The Morgan fingerprint density at radius 1 is 1.22 bits per heavy atom. The molecule has 1 aromatic rings. The molecule has 3 N–H and O–H groups in total. The molecule has 0 saturated carbocycles. The standard InChI is InChI=1S/C16H20N2O5/c17-15(20)11-4-6-12(7-5-11)23-10-8-14(19)18-9-2-1-3-13(18)16(21)22/h4-7,13H,1-3,8-10H2,(H2,17,20)(H,21,22). The molecule has 1 atom stereocenters.